The Kier molecular flexibility index (Phi) is 2.99. The van der Waals surface area contributed by atoms with Crippen LogP contribution in [0.2, 0.25) is 0 Å². The lowest BCUT2D eigenvalue weighted by Gasteiger charge is -2.39. The summed E-state index contributed by atoms with van der Waals surface area (Å²) in [4.78, 5) is 12.0. The first-order valence-corrected chi connectivity index (χ1v) is 6.92. The van der Waals surface area contributed by atoms with Crippen molar-refractivity contribution in [2.75, 3.05) is 19.3 Å². The van der Waals surface area contributed by atoms with Crippen molar-refractivity contribution in [1.29, 1.82) is 0 Å². The van der Waals surface area contributed by atoms with Crippen LogP contribution in [0.1, 0.15) is 32.1 Å². The lowest BCUT2D eigenvalue weighted by Crippen LogP contribution is -2.51. The summed E-state index contributed by atoms with van der Waals surface area (Å²) in [5.74, 6) is 0.191. The summed E-state index contributed by atoms with van der Waals surface area (Å²) >= 11 is 1.88. The minimum atomic E-state index is -0.214. The molecule has 2 fully saturated rings. The maximum atomic E-state index is 12.0. The van der Waals surface area contributed by atoms with Crippen LogP contribution in [-0.4, -0.2) is 30.0 Å². The molecule has 0 unspecified atom stereocenters. The number of carbonyl (C=O) groups excluding carboxylic acids is 1. The van der Waals surface area contributed by atoms with Crippen LogP contribution in [0.4, 0.5) is 0 Å². The predicted octanol–water partition coefficient (Wildman–Crippen LogP) is 1.13. The van der Waals surface area contributed by atoms with Crippen molar-refractivity contribution in [2.24, 2.45) is 11.1 Å². The van der Waals surface area contributed by atoms with E-state index in [0.717, 1.165) is 25.8 Å². The van der Waals surface area contributed by atoms with Crippen molar-refractivity contribution in [3.05, 3.63) is 0 Å². The van der Waals surface area contributed by atoms with Gasteiger partial charge in [-0.15, -0.1) is 0 Å². The number of thioether (sulfide) groups is 1. The van der Waals surface area contributed by atoms with Gasteiger partial charge in [0.25, 0.3) is 0 Å². The zero-order valence-electron chi connectivity index (χ0n) is 9.34. The van der Waals surface area contributed by atoms with Gasteiger partial charge in [-0.25, -0.2) is 0 Å². The molecule has 2 rings (SSSR count). The molecule has 0 heterocycles. The Balaban J connectivity index is 1.82. The van der Waals surface area contributed by atoms with E-state index in [2.05, 4.69) is 11.6 Å². The molecule has 0 atom stereocenters. The molecule has 0 radical (unpaired) electrons. The molecule has 1 amide bonds. The van der Waals surface area contributed by atoms with E-state index in [4.69, 9.17) is 5.73 Å². The summed E-state index contributed by atoms with van der Waals surface area (Å²) < 4.78 is 0.356. The van der Waals surface area contributed by atoms with Crippen molar-refractivity contribution < 1.29 is 4.79 Å². The molecule has 0 aromatic carbocycles. The Bertz CT molecular complexity index is 254. The molecule has 2 saturated carbocycles. The number of rotatable bonds is 5. The van der Waals surface area contributed by atoms with Crippen LogP contribution >= 0.6 is 11.8 Å². The third kappa shape index (κ3) is 2.02. The molecule has 0 aliphatic heterocycles. The first-order chi connectivity index (χ1) is 7.16. The van der Waals surface area contributed by atoms with E-state index in [-0.39, 0.29) is 11.3 Å². The highest BCUT2D eigenvalue weighted by Crippen LogP contribution is 2.47. The molecule has 2 aliphatic rings. The minimum Gasteiger partial charge on any atom is -0.354 e. The Morgan fingerprint density at radius 3 is 2.40 bits per heavy atom. The molecule has 0 spiro atoms. The second-order valence-corrected chi connectivity index (χ2v) is 6.18. The van der Waals surface area contributed by atoms with Crippen LogP contribution in [0.5, 0.6) is 0 Å². The molecule has 0 aromatic rings. The summed E-state index contributed by atoms with van der Waals surface area (Å²) in [7, 11) is 0. The van der Waals surface area contributed by atoms with Crippen molar-refractivity contribution in [2.45, 2.75) is 36.9 Å². The van der Waals surface area contributed by atoms with E-state index in [1.54, 1.807) is 0 Å². The van der Waals surface area contributed by atoms with Gasteiger partial charge in [0.1, 0.15) is 0 Å². The van der Waals surface area contributed by atoms with Gasteiger partial charge in [-0.3, -0.25) is 4.79 Å². The van der Waals surface area contributed by atoms with E-state index >= 15 is 0 Å². The molecular formula is C11H20N2OS. The molecular weight excluding hydrogens is 208 g/mol. The van der Waals surface area contributed by atoms with E-state index < -0.39 is 0 Å². The number of hydrogen-bond acceptors (Lipinski definition) is 3. The van der Waals surface area contributed by atoms with Crippen molar-refractivity contribution in [1.82, 2.24) is 5.32 Å². The van der Waals surface area contributed by atoms with E-state index in [1.807, 2.05) is 11.8 Å². The zero-order valence-corrected chi connectivity index (χ0v) is 10.2. The number of nitrogens with one attached hydrogen (secondary N) is 1. The normalized spacial score (nSPS) is 25.5. The monoisotopic (exact) mass is 228 g/mol. The van der Waals surface area contributed by atoms with Crippen molar-refractivity contribution in [3.63, 3.8) is 0 Å². The molecule has 0 aromatic heterocycles. The van der Waals surface area contributed by atoms with Crippen LogP contribution < -0.4 is 11.1 Å². The molecule has 0 saturated heterocycles. The Labute approximate surface area is 95.6 Å². The second-order valence-electron chi connectivity index (χ2n) is 4.91. The summed E-state index contributed by atoms with van der Waals surface area (Å²) in [6.45, 7) is 1.33. The molecule has 2 aliphatic carbocycles. The lowest BCUT2D eigenvalue weighted by atomic mass is 9.68. The summed E-state index contributed by atoms with van der Waals surface area (Å²) in [5, 5.41) is 3.09. The standard InChI is InChI=1S/C11H20N2OS/c1-15-11(5-6-11)8-13-9(14)10(7-12)3-2-4-10/h2-8,12H2,1H3,(H,13,14). The first kappa shape index (κ1) is 11.3. The smallest absolute Gasteiger partial charge is 0.227 e. The van der Waals surface area contributed by atoms with Crippen LogP contribution in [0.15, 0.2) is 0 Å². The fraction of sp³-hybridized carbons (Fsp3) is 0.909. The second kappa shape index (κ2) is 3.98. The van der Waals surface area contributed by atoms with Crippen molar-refractivity contribution in [3.8, 4) is 0 Å². The largest absolute Gasteiger partial charge is 0.354 e. The van der Waals surface area contributed by atoms with Gasteiger partial charge in [-0.2, -0.15) is 11.8 Å². The third-order valence-electron chi connectivity index (χ3n) is 3.99. The highest BCUT2D eigenvalue weighted by atomic mass is 32.2. The van der Waals surface area contributed by atoms with Crippen LogP contribution in [-0.2, 0) is 4.79 Å². The molecule has 0 bridgehead atoms. The van der Waals surface area contributed by atoms with Gasteiger partial charge in [0.05, 0.1) is 5.41 Å². The topological polar surface area (TPSA) is 55.1 Å². The number of amides is 1. The summed E-state index contributed by atoms with van der Waals surface area (Å²) in [5.41, 5.74) is 5.48. The summed E-state index contributed by atoms with van der Waals surface area (Å²) in [6.07, 6.45) is 7.71. The van der Waals surface area contributed by atoms with E-state index in [9.17, 15) is 4.79 Å². The SMILES string of the molecule is CSC1(CNC(=O)C2(CN)CCC2)CC1. The quantitative estimate of drug-likeness (QED) is 0.741. The molecule has 3 nitrogen and oxygen atoms in total. The Hall–Kier alpha value is -0.220. The zero-order chi connectivity index (χ0) is 10.9. The van der Waals surface area contributed by atoms with Gasteiger partial charge in [0, 0.05) is 17.8 Å². The average molecular weight is 228 g/mol. The van der Waals surface area contributed by atoms with Crippen LogP contribution in [0.25, 0.3) is 0 Å². The van der Waals surface area contributed by atoms with Crippen LogP contribution in [0, 0.1) is 5.41 Å². The predicted molar refractivity (Wildman–Crippen MR) is 63.8 cm³/mol. The molecule has 86 valence electrons. The number of carbonyl (C=O) groups is 1. The van der Waals surface area contributed by atoms with Crippen molar-refractivity contribution >= 4 is 17.7 Å². The fourth-order valence-electron chi connectivity index (χ4n) is 2.15. The van der Waals surface area contributed by atoms with E-state index in [1.165, 1.54) is 12.8 Å². The Morgan fingerprint density at radius 2 is 2.07 bits per heavy atom. The van der Waals surface area contributed by atoms with Gasteiger partial charge >= 0.3 is 0 Å². The van der Waals surface area contributed by atoms with Crippen LogP contribution in [0.3, 0.4) is 0 Å². The number of nitrogens with two attached hydrogens (primary N) is 1. The minimum absolute atomic E-state index is 0.191. The van der Waals surface area contributed by atoms with Gasteiger partial charge in [0.15, 0.2) is 0 Å². The van der Waals surface area contributed by atoms with Gasteiger partial charge in [-0.05, 0) is 31.9 Å². The van der Waals surface area contributed by atoms with E-state index in [0.29, 0.717) is 11.3 Å². The van der Waals surface area contributed by atoms with Gasteiger partial charge < -0.3 is 11.1 Å². The Morgan fingerprint density at radius 1 is 1.40 bits per heavy atom. The summed E-state index contributed by atoms with van der Waals surface area (Å²) in [6, 6.07) is 0. The third-order valence-corrected chi connectivity index (χ3v) is 5.41. The highest BCUT2D eigenvalue weighted by Gasteiger charge is 2.46. The highest BCUT2D eigenvalue weighted by molar-refractivity contribution is 8.00. The van der Waals surface area contributed by atoms with Gasteiger partial charge in [0.2, 0.25) is 5.91 Å². The maximum Gasteiger partial charge on any atom is 0.227 e. The molecule has 3 N–H and O–H groups in total. The fourth-order valence-corrected chi connectivity index (χ4v) is 2.88. The number of hydrogen-bond donors (Lipinski definition) is 2. The average Bonchev–Trinajstić information content (AvgIpc) is 2.95. The van der Waals surface area contributed by atoms with Gasteiger partial charge in [-0.1, -0.05) is 6.42 Å². The lowest BCUT2D eigenvalue weighted by molar-refractivity contribution is -0.135. The molecule has 4 heteroatoms. The first-order valence-electron chi connectivity index (χ1n) is 5.70. The molecule has 15 heavy (non-hydrogen) atoms. The maximum absolute atomic E-state index is 12.0.